The molecule has 0 aliphatic rings. The van der Waals surface area contributed by atoms with Crippen molar-refractivity contribution in [2.45, 2.75) is 27.7 Å². The fraction of sp³-hybridized carbons (Fsp3) is 0.500. The molecule has 17 heavy (non-hydrogen) atoms. The quantitative estimate of drug-likeness (QED) is 0.840. The van der Waals surface area contributed by atoms with Crippen LogP contribution in [0.2, 0.25) is 0 Å². The van der Waals surface area contributed by atoms with Crippen molar-refractivity contribution in [1.82, 2.24) is 5.32 Å². The Bertz CT molecular complexity index is 363. The van der Waals surface area contributed by atoms with Gasteiger partial charge in [-0.1, -0.05) is 38.5 Å². The second-order valence-corrected chi connectivity index (χ2v) is 5.58. The van der Waals surface area contributed by atoms with Crippen LogP contribution in [0.15, 0.2) is 24.3 Å². The molecular formula is C14H22N2O. The molecule has 0 heterocycles. The number of carbonyl (C=O) groups excluding carboxylic acids is 1. The molecule has 0 aliphatic heterocycles. The molecule has 0 aliphatic carbocycles. The highest BCUT2D eigenvalue weighted by Crippen LogP contribution is 2.10. The van der Waals surface area contributed by atoms with Crippen LogP contribution in [-0.2, 0) is 4.79 Å². The highest BCUT2D eigenvalue weighted by atomic mass is 16.1. The predicted molar refractivity (Wildman–Crippen MR) is 72.1 cm³/mol. The van der Waals surface area contributed by atoms with E-state index >= 15 is 0 Å². The van der Waals surface area contributed by atoms with Crippen LogP contribution >= 0.6 is 0 Å². The third-order valence-electron chi connectivity index (χ3n) is 2.28. The van der Waals surface area contributed by atoms with E-state index in [9.17, 15) is 4.79 Å². The zero-order chi connectivity index (χ0) is 12.9. The molecule has 3 heteroatoms. The molecule has 0 atom stereocenters. The summed E-state index contributed by atoms with van der Waals surface area (Å²) in [7, 11) is 0. The van der Waals surface area contributed by atoms with Gasteiger partial charge in [0.1, 0.15) is 0 Å². The minimum atomic E-state index is -0.00176. The van der Waals surface area contributed by atoms with Crippen molar-refractivity contribution in [3.63, 3.8) is 0 Å². The minimum Gasteiger partial charge on any atom is -0.325 e. The molecule has 0 spiro atoms. The Labute approximate surface area is 104 Å². The van der Waals surface area contributed by atoms with Gasteiger partial charge in [0, 0.05) is 12.2 Å². The number of nitrogens with one attached hydrogen (secondary N) is 2. The van der Waals surface area contributed by atoms with Crippen molar-refractivity contribution in [3.8, 4) is 0 Å². The summed E-state index contributed by atoms with van der Waals surface area (Å²) in [6.07, 6.45) is 0. The standard InChI is InChI=1S/C14H22N2O/c1-11-5-7-12(8-6-11)16-13(17)9-15-10-14(2,3)4/h5-8,15H,9-10H2,1-4H3,(H,16,17). The average molecular weight is 234 g/mol. The van der Waals surface area contributed by atoms with Gasteiger partial charge in [-0.2, -0.15) is 0 Å². The molecule has 0 aromatic heterocycles. The lowest BCUT2D eigenvalue weighted by atomic mass is 9.97. The highest BCUT2D eigenvalue weighted by molar-refractivity contribution is 5.92. The zero-order valence-corrected chi connectivity index (χ0v) is 11.1. The van der Waals surface area contributed by atoms with Gasteiger partial charge in [-0.05, 0) is 24.5 Å². The maximum atomic E-state index is 11.6. The lowest BCUT2D eigenvalue weighted by Gasteiger charge is -2.18. The van der Waals surface area contributed by atoms with E-state index < -0.39 is 0 Å². The van der Waals surface area contributed by atoms with Crippen molar-refractivity contribution in [2.75, 3.05) is 18.4 Å². The number of aryl methyl sites for hydroxylation is 1. The maximum absolute atomic E-state index is 11.6. The first-order chi connectivity index (χ1) is 7.87. The zero-order valence-electron chi connectivity index (χ0n) is 11.1. The molecule has 94 valence electrons. The summed E-state index contributed by atoms with van der Waals surface area (Å²) >= 11 is 0. The van der Waals surface area contributed by atoms with Gasteiger partial charge in [-0.15, -0.1) is 0 Å². The minimum absolute atomic E-state index is 0.00176. The van der Waals surface area contributed by atoms with Crippen molar-refractivity contribution in [1.29, 1.82) is 0 Å². The molecule has 0 fully saturated rings. The van der Waals surface area contributed by atoms with Crippen LogP contribution in [-0.4, -0.2) is 19.0 Å². The third kappa shape index (κ3) is 6.07. The largest absolute Gasteiger partial charge is 0.325 e. The number of carbonyl (C=O) groups is 1. The van der Waals surface area contributed by atoms with Crippen LogP contribution in [0.3, 0.4) is 0 Å². The fourth-order valence-electron chi connectivity index (χ4n) is 1.39. The highest BCUT2D eigenvalue weighted by Gasteiger charge is 2.10. The van der Waals surface area contributed by atoms with Gasteiger partial charge < -0.3 is 10.6 Å². The summed E-state index contributed by atoms with van der Waals surface area (Å²) in [5, 5.41) is 6.00. The summed E-state index contributed by atoms with van der Waals surface area (Å²) in [6.45, 7) is 9.61. The van der Waals surface area contributed by atoms with Gasteiger partial charge in [-0.25, -0.2) is 0 Å². The van der Waals surface area contributed by atoms with Crippen LogP contribution in [0.1, 0.15) is 26.3 Å². The monoisotopic (exact) mass is 234 g/mol. The van der Waals surface area contributed by atoms with Crippen LogP contribution < -0.4 is 10.6 Å². The summed E-state index contributed by atoms with van der Waals surface area (Å²) in [6, 6.07) is 7.80. The summed E-state index contributed by atoms with van der Waals surface area (Å²) in [5.41, 5.74) is 2.23. The van der Waals surface area contributed by atoms with Crippen molar-refractivity contribution < 1.29 is 4.79 Å². The van der Waals surface area contributed by atoms with Crippen LogP contribution in [0.5, 0.6) is 0 Å². The number of benzene rings is 1. The van der Waals surface area contributed by atoms with Gasteiger partial charge in [0.2, 0.25) is 5.91 Å². The molecule has 1 aromatic carbocycles. The molecular weight excluding hydrogens is 212 g/mol. The second-order valence-electron chi connectivity index (χ2n) is 5.58. The second kappa shape index (κ2) is 5.82. The molecule has 0 saturated carbocycles. The van der Waals surface area contributed by atoms with Gasteiger partial charge in [0.15, 0.2) is 0 Å². The van der Waals surface area contributed by atoms with E-state index in [0.29, 0.717) is 6.54 Å². The van der Waals surface area contributed by atoms with Crippen LogP contribution in [0, 0.1) is 12.3 Å². The first-order valence-corrected chi connectivity index (χ1v) is 5.94. The topological polar surface area (TPSA) is 41.1 Å². The Kier molecular flexibility index (Phi) is 4.70. The van der Waals surface area contributed by atoms with Crippen LogP contribution in [0.25, 0.3) is 0 Å². The molecule has 1 aromatic rings. The number of hydrogen-bond donors (Lipinski definition) is 2. The van der Waals surface area contributed by atoms with Crippen molar-refractivity contribution in [3.05, 3.63) is 29.8 Å². The summed E-state index contributed by atoms with van der Waals surface area (Å²) in [5.74, 6) is -0.00176. The molecule has 0 saturated heterocycles. The fourth-order valence-corrected chi connectivity index (χ4v) is 1.39. The summed E-state index contributed by atoms with van der Waals surface area (Å²) in [4.78, 5) is 11.6. The third-order valence-corrected chi connectivity index (χ3v) is 2.28. The first-order valence-electron chi connectivity index (χ1n) is 5.94. The lowest BCUT2D eigenvalue weighted by Crippen LogP contribution is -2.33. The SMILES string of the molecule is Cc1ccc(NC(=O)CNCC(C)(C)C)cc1. The lowest BCUT2D eigenvalue weighted by molar-refractivity contribution is -0.115. The number of rotatable bonds is 4. The molecule has 0 radical (unpaired) electrons. The molecule has 1 amide bonds. The van der Waals surface area contributed by atoms with E-state index in [1.54, 1.807) is 0 Å². The Balaban J connectivity index is 2.32. The van der Waals surface area contributed by atoms with E-state index in [0.717, 1.165) is 12.2 Å². The van der Waals surface area contributed by atoms with Crippen molar-refractivity contribution in [2.24, 2.45) is 5.41 Å². The Morgan fingerprint density at radius 1 is 1.18 bits per heavy atom. The molecule has 3 nitrogen and oxygen atoms in total. The van der Waals surface area contributed by atoms with Crippen LogP contribution in [0.4, 0.5) is 5.69 Å². The Morgan fingerprint density at radius 2 is 1.76 bits per heavy atom. The molecule has 0 unspecified atom stereocenters. The van der Waals surface area contributed by atoms with Gasteiger partial charge in [-0.3, -0.25) is 4.79 Å². The smallest absolute Gasteiger partial charge is 0.238 e. The molecule has 0 bridgehead atoms. The normalized spacial score (nSPS) is 11.3. The van der Waals surface area contributed by atoms with Gasteiger partial charge in [0.05, 0.1) is 6.54 Å². The number of anilines is 1. The van der Waals surface area contributed by atoms with Gasteiger partial charge in [0.25, 0.3) is 0 Å². The molecule has 1 rings (SSSR count). The Morgan fingerprint density at radius 3 is 2.29 bits per heavy atom. The van der Waals surface area contributed by atoms with E-state index in [2.05, 4.69) is 31.4 Å². The van der Waals surface area contributed by atoms with E-state index in [1.807, 2.05) is 31.2 Å². The van der Waals surface area contributed by atoms with E-state index in [-0.39, 0.29) is 11.3 Å². The Hall–Kier alpha value is -1.35. The first kappa shape index (κ1) is 13.7. The maximum Gasteiger partial charge on any atom is 0.238 e. The number of hydrogen-bond acceptors (Lipinski definition) is 2. The molecule has 2 N–H and O–H groups in total. The summed E-state index contributed by atoms with van der Waals surface area (Å²) < 4.78 is 0. The predicted octanol–water partition coefficient (Wildman–Crippen LogP) is 2.57. The van der Waals surface area contributed by atoms with Crippen molar-refractivity contribution >= 4 is 11.6 Å². The van der Waals surface area contributed by atoms with Gasteiger partial charge >= 0.3 is 0 Å². The average Bonchev–Trinajstić information content (AvgIpc) is 2.19. The van der Waals surface area contributed by atoms with E-state index in [1.165, 1.54) is 5.56 Å². The van der Waals surface area contributed by atoms with E-state index in [4.69, 9.17) is 0 Å². The number of amides is 1.